The summed E-state index contributed by atoms with van der Waals surface area (Å²) in [5.74, 6) is 1.20. The average Bonchev–Trinajstić information content (AvgIpc) is 2.90. The van der Waals surface area contributed by atoms with Crippen LogP contribution in [-0.4, -0.2) is 48.5 Å². The summed E-state index contributed by atoms with van der Waals surface area (Å²) < 4.78 is 6.03. The minimum atomic E-state index is -0.397. The molecule has 1 aliphatic rings. The van der Waals surface area contributed by atoms with Crippen LogP contribution in [0.1, 0.15) is 55.0 Å². The Labute approximate surface area is 216 Å². The van der Waals surface area contributed by atoms with E-state index in [1.807, 2.05) is 0 Å². The van der Waals surface area contributed by atoms with E-state index in [1.54, 1.807) is 0 Å². The van der Waals surface area contributed by atoms with Gasteiger partial charge in [-0.15, -0.1) is 0 Å². The Morgan fingerprint density at radius 2 is 1.44 bits per heavy atom. The molecule has 36 heavy (non-hydrogen) atoms. The van der Waals surface area contributed by atoms with Gasteiger partial charge in [-0.1, -0.05) is 86.6 Å². The van der Waals surface area contributed by atoms with Crippen LogP contribution in [0, 0.1) is 19.3 Å². The molecule has 0 aromatic heterocycles. The molecular weight excluding hydrogens is 444 g/mol. The molecule has 190 valence electrons. The van der Waals surface area contributed by atoms with Crippen molar-refractivity contribution in [2.24, 2.45) is 5.41 Å². The van der Waals surface area contributed by atoms with E-state index in [1.165, 1.54) is 16.7 Å². The number of carbonyl (C=O) groups is 1. The summed E-state index contributed by atoms with van der Waals surface area (Å²) >= 11 is 0. The van der Waals surface area contributed by atoms with E-state index >= 15 is 0 Å². The van der Waals surface area contributed by atoms with Crippen LogP contribution in [-0.2, 0) is 4.79 Å². The van der Waals surface area contributed by atoms with E-state index < -0.39 is 5.41 Å². The van der Waals surface area contributed by atoms with Gasteiger partial charge >= 0.3 is 0 Å². The summed E-state index contributed by atoms with van der Waals surface area (Å²) in [6.45, 7) is 12.2. The van der Waals surface area contributed by atoms with Crippen molar-refractivity contribution in [2.75, 3.05) is 32.8 Å². The maximum Gasteiger partial charge on any atom is 0.228 e. The zero-order valence-corrected chi connectivity index (χ0v) is 22.2. The highest BCUT2D eigenvalue weighted by Gasteiger charge is 2.35. The first kappa shape index (κ1) is 26.0. The fourth-order valence-electron chi connectivity index (χ4n) is 5.16. The Kier molecular flexibility index (Phi) is 8.48. The third-order valence-electron chi connectivity index (χ3n) is 7.32. The highest BCUT2D eigenvalue weighted by Crippen LogP contribution is 2.31. The molecule has 4 heteroatoms. The molecule has 1 heterocycles. The first-order valence-electron chi connectivity index (χ1n) is 13.2. The van der Waals surface area contributed by atoms with Crippen molar-refractivity contribution in [3.8, 4) is 5.75 Å². The quantitative estimate of drug-likeness (QED) is 0.329. The van der Waals surface area contributed by atoms with Gasteiger partial charge in [-0.2, -0.15) is 0 Å². The molecule has 3 aromatic rings. The van der Waals surface area contributed by atoms with Gasteiger partial charge in [0.15, 0.2) is 0 Å². The Bertz CT molecular complexity index is 1080. The van der Waals surface area contributed by atoms with Crippen molar-refractivity contribution in [3.63, 3.8) is 0 Å². The molecule has 4 rings (SSSR count). The number of ether oxygens (including phenoxy) is 1. The Morgan fingerprint density at radius 1 is 0.861 bits per heavy atom. The first-order chi connectivity index (χ1) is 17.3. The zero-order chi connectivity index (χ0) is 25.5. The molecule has 1 aliphatic heterocycles. The summed E-state index contributed by atoms with van der Waals surface area (Å²) in [5.41, 5.74) is 4.55. The lowest BCUT2D eigenvalue weighted by Crippen LogP contribution is -2.52. The van der Waals surface area contributed by atoms with E-state index in [0.717, 1.165) is 50.3 Å². The van der Waals surface area contributed by atoms with Gasteiger partial charge < -0.3 is 9.64 Å². The van der Waals surface area contributed by atoms with Gasteiger partial charge in [-0.25, -0.2) is 0 Å². The topological polar surface area (TPSA) is 32.8 Å². The maximum absolute atomic E-state index is 13.5. The number of aryl methyl sites for hydroxylation is 2. The van der Waals surface area contributed by atoms with E-state index in [0.29, 0.717) is 6.61 Å². The maximum atomic E-state index is 13.5. The van der Waals surface area contributed by atoms with E-state index in [4.69, 9.17) is 4.74 Å². The molecular formula is C32H40N2O2. The molecule has 0 unspecified atom stereocenters. The van der Waals surface area contributed by atoms with Crippen molar-refractivity contribution in [1.82, 2.24) is 9.80 Å². The summed E-state index contributed by atoms with van der Waals surface area (Å²) in [5, 5.41) is 0. The van der Waals surface area contributed by atoms with E-state index in [9.17, 15) is 4.79 Å². The van der Waals surface area contributed by atoms with Crippen molar-refractivity contribution in [3.05, 3.63) is 101 Å². The molecule has 0 atom stereocenters. The van der Waals surface area contributed by atoms with Crippen LogP contribution >= 0.6 is 0 Å². The summed E-state index contributed by atoms with van der Waals surface area (Å²) in [6, 6.07) is 27.9. The van der Waals surface area contributed by atoms with Crippen molar-refractivity contribution >= 4 is 5.91 Å². The fraction of sp³-hybridized carbons (Fsp3) is 0.406. The summed E-state index contributed by atoms with van der Waals surface area (Å²) in [7, 11) is 0. The Balaban J connectivity index is 1.32. The van der Waals surface area contributed by atoms with Gasteiger partial charge in [0.1, 0.15) is 5.75 Å². The van der Waals surface area contributed by atoms with Gasteiger partial charge in [0.25, 0.3) is 0 Å². The molecule has 1 saturated heterocycles. The Hall–Kier alpha value is -3.11. The molecule has 4 nitrogen and oxygen atoms in total. The number of hydrogen-bond acceptors (Lipinski definition) is 3. The van der Waals surface area contributed by atoms with Gasteiger partial charge in [0.05, 0.1) is 12.6 Å². The molecule has 0 spiro atoms. The number of rotatable bonds is 9. The number of amides is 1. The van der Waals surface area contributed by atoms with Gasteiger partial charge in [0, 0.05) is 31.6 Å². The smallest absolute Gasteiger partial charge is 0.228 e. The summed E-state index contributed by atoms with van der Waals surface area (Å²) in [4.78, 5) is 18.0. The SMILES string of the molecule is Cc1ccc(C)c(OCCCC(C)(C)C(=O)N2CCN(C(c3ccccc3)c3ccccc3)CC2)c1. The third-order valence-corrected chi connectivity index (χ3v) is 7.32. The molecule has 0 radical (unpaired) electrons. The third kappa shape index (κ3) is 6.36. The molecule has 1 fully saturated rings. The van der Waals surface area contributed by atoms with Crippen molar-refractivity contribution < 1.29 is 9.53 Å². The number of benzene rings is 3. The van der Waals surface area contributed by atoms with Crippen LogP contribution in [0.4, 0.5) is 0 Å². The monoisotopic (exact) mass is 484 g/mol. The Morgan fingerprint density at radius 3 is 2.03 bits per heavy atom. The predicted octanol–water partition coefficient (Wildman–Crippen LogP) is 6.42. The van der Waals surface area contributed by atoms with Crippen molar-refractivity contribution in [2.45, 2.75) is 46.6 Å². The number of nitrogens with zero attached hydrogens (tertiary/aromatic N) is 2. The minimum Gasteiger partial charge on any atom is -0.493 e. The van der Waals surface area contributed by atoms with E-state index in [-0.39, 0.29) is 11.9 Å². The lowest BCUT2D eigenvalue weighted by molar-refractivity contribution is -0.142. The van der Waals surface area contributed by atoms with Crippen LogP contribution in [0.25, 0.3) is 0 Å². The number of hydrogen-bond donors (Lipinski definition) is 0. The minimum absolute atomic E-state index is 0.208. The normalized spacial score (nSPS) is 14.8. The standard InChI is InChI=1S/C32H40N2O2/c1-25-16-17-26(2)29(24-25)36-23-11-18-32(3,4)31(35)34-21-19-33(20-22-34)30(27-12-7-5-8-13-27)28-14-9-6-10-15-28/h5-10,12-17,24,30H,11,18-23H2,1-4H3. The lowest BCUT2D eigenvalue weighted by Gasteiger charge is -2.42. The molecule has 0 aliphatic carbocycles. The predicted molar refractivity (Wildman–Crippen MR) is 147 cm³/mol. The lowest BCUT2D eigenvalue weighted by atomic mass is 9.86. The second kappa shape index (κ2) is 11.7. The largest absolute Gasteiger partial charge is 0.493 e. The van der Waals surface area contributed by atoms with Gasteiger partial charge in [0.2, 0.25) is 5.91 Å². The van der Waals surface area contributed by atoms with Crippen LogP contribution in [0.2, 0.25) is 0 Å². The highest BCUT2D eigenvalue weighted by atomic mass is 16.5. The van der Waals surface area contributed by atoms with Crippen LogP contribution in [0.5, 0.6) is 5.75 Å². The summed E-state index contributed by atoms with van der Waals surface area (Å²) in [6.07, 6.45) is 1.67. The molecule has 0 N–H and O–H groups in total. The van der Waals surface area contributed by atoms with Crippen LogP contribution < -0.4 is 4.74 Å². The highest BCUT2D eigenvalue weighted by molar-refractivity contribution is 5.82. The second-order valence-electron chi connectivity index (χ2n) is 10.7. The molecule has 0 bridgehead atoms. The first-order valence-corrected chi connectivity index (χ1v) is 13.2. The van der Waals surface area contributed by atoms with E-state index in [2.05, 4.69) is 116 Å². The average molecular weight is 485 g/mol. The van der Waals surface area contributed by atoms with Crippen LogP contribution in [0.3, 0.4) is 0 Å². The molecule has 3 aromatic carbocycles. The van der Waals surface area contributed by atoms with Gasteiger partial charge in [-0.3, -0.25) is 9.69 Å². The fourth-order valence-corrected chi connectivity index (χ4v) is 5.16. The number of carbonyl (C=O) groups excluding carboxylic acids is 1. The second-order valence-corrected chi connectivity index (χ2v) is 10.7. The van der Waals surface area contributed by atoms with Gasteiger partial charge in [-0.05, 0) is 55.0 Å². The molecule has 0 saturated carbocycles. The van der Waals surface area contributed by atoms with Crippen molar-refractivity contribution in [1.29, 1.82) is 0 Å². The van der Waals surface area contributed by atoms with Crippen LogP contribution in [0.15, 0.2) is 78.9 Å². The zero-order valence-electron chi connectivity index (χ0n) is 22.2. The molecule has 1 amide bonds. The number of piperazine rings is 1.